The number of amides is 3. The summed E-state index contributed by atoms with van der Waals surface area (Å²) in [5, 5.41) is 2.99. The summed E-state index contributed by atoms with van der Waals surface area (Å²) < 4.78 is 12.1. The van der Waals surface area contributed by atoms with Crippen molar-refractivity contribution in [3.8, 4) is 11.5 Å². The van der Waals surface area contributed by atoms with Crippen molar-refractivity contribution in [2.45, 2.75) is 20.4 Å². The van der Waals surface area contributed by atoms with Gasteiger partial charge in [0.25, 0.3) is 5.91 Å². The van der Waals surface area contributed by atoms with Crippen molar-refractivity contribution in [3.05, 3.63) is 62.7 Å². The molecular weight excluding hydrogens is 460 g/mol. The first-order chi connectivity index (χ1) is 13.9. The number of imide groups is 1. The van der Waals surface area contributed by atoms with Crippen molar-refractivity contribution >= 4 is 45.5 Å². The standard InChI is InChI=1S/C21H20BrClN2O4/c1-3-28-18-11-14(9-16(23)19(18)29-4-2)10-17-20(26)25(21(27)24-17)12-13-5-7-15(22)8-6-13/h5-11H,3-4,12H2,1-2H3,(H,24,27)/b17-10+. The number of halogens is 2. The van der Waals surface area contributed by atoms with Gasteiger partial charge in [-0.1, -0.05) is 39.7 Å². The molecule has 0 aliphatic carbocycles. The van der Waals surface area contributed by atoms with Crippen LogP contribution in [0.25, 0.3) is 6.08 Å². The van der Waals surface area contributed by atoms with E-state index in [1.54, 1.807) is 18.2 Å². The Morgan fingerprint density at radius 3 is 2.45 bits per heavy atom. The van der Waals surface area contributed by atoms with E-state index in [2.05, 4.69) is 21.2 Å². The molecule has 1 saturated heterocycles. The molecule has 1 heterocycles. The molecule has 29 heavy (non-hydrogen) atoms. The van der Waals surface area contributed by atoms with Crippen LogP contribution in [-0.4, -0.2) is 30.1 Å². The zero-order valence-electron chi connectivity index (χ0n) is 16.0. The Morgan fingerprint density at radius 1 is 1.10 bits per heavy atom. The lowest BCUT2D eigenvalue weighted by molar-refractivity contribution is -0.123. The minimum atomic E-state index is -0.466. The van der Waals surface area contributed by atoms with E-state index in [0.29, 0.717) is 35.3 Å². The van der Waals surface area contributed by atoms with E-state index < -0.39 is 11.9 Å². The summed E-state index contributed by atoms with van der Waals surface area (Å²) in [5.74, 6) is 0.537. The molecule has 0 unspecified atom stereocenters. The van der Waals surface area contributed by atoms with Crippen LogP contribution < -0.4 is 14.8 Å². The van der Waals surface area contributed by atoms with Gasteiger partial charge in [0.05, 0.1) is 24.8 Å². The molecule has 8 heteroatoms. The third-order valence-electron chi connectivity index (χ3n) is 4.15. The van der Waals surface area contributed by atoms with Crippen molar-refractivity contribution in [1.82, 2.24) is 10.2 Å². The molecule has 1 fully saturated rings. The van der Waals surface area contributed by atoms with Gasteiger partial charge >= 0.3 is 6.03 Å². The predicted octanol–water partition coefficient (Wildman–Crippen LogP) is 4.99. The first-order valence-corrected chi connectivity index (χ1v) is 10.3. The van der Waals surface area contributed by atoms with Gasteiger partial charge in [0.2, 0.25) is 0 Å². The van der Waals surface area contributed by atoms with Gasteiger partial charge in [-0.15, -0.1) is 0 Å². The van der Waals surface area contributed by atoms with E-state index in [4.69, 9.17) is 21.1 Å². The van der Waals surface area contributed by atoms with Gasteiger partial charge < -0.3 is 14.8 Å². The van der Waals surface area contributed by atoms with Crippen LogP contribution in [0, 0.1) is 0 Å². The molecule has 6 nitrogen and oxygen atoms in total. The molecule has 3 rings (SSSR count). The zero-order chi connectivity index (χ0) is 21.0. The van der Waals surface area contributed by atoms with Crippen LogP contribution in [0.1, 0.15) is 25.0 Å². The van der Waals surface area contributed by atoms with Gasteiger partial charge in [-0.05, 0) is 55.3 Å². The van der Waals surface area contributed by atoms with E-state index >= 15 is 0 Å². The fourth-order valence-corrected chi connectivity index (χ4v) is 3.41. The molecule has 0 bridgehead atoms. The van der Waals surface area contributed by atoms with Gasteiger partial charge in [0, 0.05) is 4.47 Å². The van der Waals surface area contributed by atoms with Crippen LogP contribution in [0.2, 0.25) is 5.02 Å². The lowest BCUT2D eigenvalue weighted by Crippen LogP contribution is -2.30. The normalized spacial score (nSPS) is 15.0. The average molecular weight is 480 g/mol. The van der Waals surface area contributed by atoms with E-state index in [1.165, 1.54) is 0 Å². The molecule has 0 spiro atoms. The minimum Gasteiger partial charge on any atom is -0.490 e. The average Bonchev–Trinajstić information content (AvgIpc) is 2.94. The summed E-state index contributed by atoms with van der Waals surface area (Å²) in [6.07, 6.45) is 1.58. The Balaban J connectivity index is 1.86. The van der Waals surface area contributed by atoms with Gasteiger partial charge in [-0.3, -0.25) is 9.69 Å². The van der Waals surface area contributed by atoms with Crippen LogP contribution >= 0.6 is 27.5 Å². The highest BCUT2D eigenvalue weighted by molar-refractivity contribution is 9.10. The number of rotatable bonds is 7. The first kappa shape index (κ1) is 21.2. The number of ether oxygens (including phenoxy) is 2. The maximum absolute atomic E-state index is 12.7. The third-order valence-corrected chi connectivity index (χ3v) is 4.96. The molecule has 1 aliphatic heterocycles. The van der Waals surface area contributed by atoms with E-state index in [0.717, 1.165) is 14.9 Å². The van der Waals surface area contributed by atoms with Crippen LogP contribution in [-0.2, 0) is 11.3 Å². The Kier molecular flexibility index (Phi) is 6.82. The van der Waals surface area contributed by atoms with Gasteiger partial charge in [0.1, 0.15) is 5.70 Å². The first-order valence-electron chi connectivity index (χ1n) is 9.11. The summed E-state index contributed by atoms with van der Waals surface area (Å²) in [6.45, 7) is 4.78. The lowest BCUT2D eigenvalue weighted by atomic mass is 10.1. The fourth-order valence-electron chi connectivity index (χ4n) is 2.87. The summed E-state index contributed by atoms with van der Waals surface area (Å²) in [6, 6.07) is 10.4. The van der Waals surface area contributed by atoms with E-state index in [1.807, 2.05) is 38.1 Å². The lowest BCUT2D eigenvalue weighted by Gasteiger charge is -2.13. The van der Waals surface area contributed by atoms with Gasteiger partial charge in [0.15, 0.2) is 11.5 Å². The van der Waals surface area contributed by atoms with E-state index in [-0.39, 0.29) is 12.2 Å². The molecule has 1 aliphatic rings. The second kappa shape index (κ2) is 9.33. The summed E-state index contributed by atoms with van der Waals surface area (Å²) >= 11 is 9.69. The molecule has 0 radical (unpaired) electrons. The number of nitrogens with zero attached hydrogens (tertiary/aromatic N) is 1. The monoisotopic (exact) mass is 478 g/mol. The van der Waals surface area contributed by atoms with Crippen molar-refractivity contribution in [2.24, 2.45) is 0 Å². The molecule has 0 saturated carbocycles. The quantitative estimate of drug-likeness (QED) is 0.449. The van der Waals surface area contributed by atoms with Crippen LogP contribution in [0.15, 0.2) is 46.6 Å². The molecule has 3 amide bonds. The largest absolute Gasteiger partial charge is 0.490 e. The summed E-state index contributed by atoms with van der Waals surface area (Å²) in [5.41, 5.74) is 1.64. The van der Waals surface area contributed by atoms with Crippen LogP contribution in [0.3, 0.4) is 0 Å². The summed E-state index contributed by atoms with van der Waals surface area (Å²) in [7, 11) is 0. The number of nitrogens with one attached hydrogen (secondary N) is 1. The number of urea groups is 1. The number of benzene rings is 2. The van der Waals surface area contributed by atoms with Crippen LogP contribution in [0.5, 0.6) is 11.5 Å². The zero-order valence-corrected chi connectivity index (χ0v) is 18.3. The van der Waals surface area contributed by atoms with Crippen molar-refractivity contribution in [1.29, 1.82) is 0 Å². The SMILES string of the molecule is CCOc1cc(/C=C2/NC(=O)N(Cc3ccc(Br)cc3)C2=O)cc(Cl)c1OCC. The van der Waals surface area contributed by atoms with Crippen molar-refractivity contribution in [2.75, 3.05) is 13.2 Å². The third kappa shape index (κ3) is 4.92. The molecule has 0 aromatic heterocycles. The maximum atomic E-state index is 12.7. The molecule has 2 aromatic carbocycles. The molecular formula is C21H20BrClN2O4. The highest BCUT2D eigenvalue weighted by Crippen LogP contribution is 2.37. The van der Waals surface area contributed by atoms with Gasteiger partial charge in [-0.25, -0.2) is 4.79 Å². The smallest absolute Gasteiger partial charge is 0.329 e. The maximum Gasteiger partial charge on any atom is 0.329 e. The highest BCUT2D eigenvalue weighted by atomic mass is 79.9. The van der Waals surface area contributed by atoms with E-state index in [9.17, 15) is 9.59 Å². The Morgan fingerprint density at radius 2 is 1.79 bits per heavy atom. The Bertz CT molecular complexity index is 960. The summed E-state index contributed by atoms with van der Waals surface area (Å²) in [4.78, 5) is 26.2. The number of carbonyl (C=O) groups excluding carboxylic acids is 2. The van der Waals surface area contributed by atoms with Crippen LogP contribution in [0.4, 0.5) is 4.79 Å². The number of hydrogen-bond donors (Lipinski definition) is 1. The highest BCUT2D eigenvalue weighted by Gasteiger charge is 2.33. The van der Waals surface area contributed by atoms with Gasteiger partial charge in [-0.2, -0.15) is 0 Å². The number of carbonyl (C=O) groups is 2. The molecule has 0 atom stereocenters. The van der Waals surface area contributed by atoms with Crippen molar-refractivity contribution < 1.29 is 19.1 Å². The topological polar surface area (TPSA) is 67.9 Å². The predicted molar refractivity (Wildman–Crippen MR) is 115 cm³/mol. The molecule has 152 valence electrons. The second-order valence-electron chi connectivity index (χ2n) is 6.20. The number of hydrogen-bond acceptors (Lipinski definition) is 4. The Labute approximate surface area is 182 Å². The molecule has 2 aromatic rings. The fraction of sp³-hybridized carbons (Fsp3) is 0.238. The molecule has 1 N–H and O–H groups in total. The second-order valence-corrected chi connectivity index (χ2v) is 7.52. The Hall–Kier alpha value is -2.51. The van der Waals surface area contributed by atoms with Crippen molar-refractivity contribution in [3.63, 3.8) is 0 Å². The minimum absolute atomic E-state index is 0.176.